The summed E-state index contributed by atoms with van der Waals surface area (Å²) in [5.41, 5.74) is 1.88. The van der Waals surface area contributed by atoms with Gasteiger partial charge in [-0.25, -0.2) is 8.42 Å². The van der Waals surface area contributed by atoms with E-state index >= 15 is 0 Å². The summed E-state index contributed by atoms with van der Waals surface area (Å²) in [7, 11) is -3.22. The highest BCUT2D eigenvalue weighted by Gasteiger charge is 2.30. The Balaban J connectivity index is 1.82. The molecule has 1 aromatic carbocycles. The molecule has 0 fully saturated rings. The van der Waals surface area contributed by atoms with E-state index in [0.717, 1.165) is 23.3 Å². The van der Waals surface area contributed by atoms with E-state index in [1.165, 1.54) is 11.1 Å². The van der Waals surface area contributed by atoms with Gasteiger partial charge in [0.05, 0.1) is 11.8 Å². The van der Waals surface area contributed by atoms with Crippen LogP contribution in [0.1, 0.15) is 27.3 Å². The molecule has 0 saturated carbocycles. The smallest absolute Gasteiger partial charge is 0.238 e. The quantitative estimate of drug-likeness (QED) is 0.865. The molecule has 3 rings (SSSR count). The first kappa shape index (κ1) is 17.5. The molecule has 24 heavy (non-hydrogen) atoms. The lowest BCUT2D eigenvalue weighted by Gasteiger charge is -2.25. The van der Waals surface area contributed by atoms with Gasteiger partial charge in [-0.3, -0.25) is 4.79 Å². The summed E-state index contributed by atoms with van der Waals surface area (Å²) < 4.78 is 23.5. The third-order valence-electron chi connectivity index (χ3n) is 3.90. The zero-order chi connectivity index (χ0) is 17.2. The molecule has 0 radical (unpaired) electrons. The lowest BCUT2D eigenvalue weighted by Crippen LogP contribution is -2.36. The van der Waals surface area contributed by atoms with Gasteiger partial charge in [0.1, 0.15) is 15.1 Å². The summed E-state index contributed by atoms with van der Waals surface area (Å²) in [4.78, 5) is 14.1. The number of nitrogens with one attached hydrogen (secondary N) is 1. The molecule has 2 heterocycles. The van der Waals surface area contributed by atoms with Crippen LogP contribution in [0, 0.1) is 0 Å². The van der Waals surface area contributed by atoms with Crippen molar-refractivity contribution in [2.45, 2.75) is 17.7 Å². The molecule has 4 nitrogen and oxygen atoms in total. The number of benzene rings is 1. The number of amides is 1. The maximum atomic E-state index is 12.8. The summed E-state index contributed by atoms with van der Waals surface area (Å²) in [6.45, 7) is 0. The van der Waals surface area contributed by atoms with Gasteiger partial charge in [-0.15, -0.1) is 23.1 Å². The monoisotopic (exact) mass is 381 g/mol. The van der Waals surface area contributed by atoms with Gasteiger partial charge in [-0.2, -0.15) is 0 Å². The van der Waals surface area contributed by atoms with E-state index in [-0.39, 0.29) is 16.9 Å². The Kier molecular flexibility index (Phi) is 5.32. The molecule has 2 aromatic rings. The second-order valence-electron chi connectivity index (χ2n) is 5.86. The fourth-order valence-electron chi connectivity index (χ4n) is 2.82. The summed E-state index contributed by atoms with van der Waals surface area (Å²) in [5, 5.41) is 4.71. The van der Waals surface area contributed by atoms with Crippen molar-refractivity contribution in [3.8, 4) is 0 Å². The molecule has 1 aliphatic rings. The van der Waals surface area contributed by atoms with Crippen LogP contribution in [0.4, 0.5) is 0 Å². The van der Waals surface area contributed by atoms with Crippen molar-refractivity contribution in [3.05, 3.63) is 57.8 Å². The molecule has 0 saturated heterocycles. The highest BCUT2D eigenvalue weighted by molar-refractivity contribution is 8.00. The van der Waals surface area contributed by atoms with Gasteiger partial charge in [-0.05, 0) is 34.7 Å². The summed E-state index contributed by atoms with van der Waals surface area (Å²) in [6, 6.07) is 10.7. The number of thiophene rings is 1. The number of rotatable bonds is 5. The molecular weight excluding hydrogens is 362 g/mol. The topological polar surface area (TPSA) is 63.2 Å². The van der Waals surface area contributed by atoms with Gasteiger partial charge < -0.3 is 5.32 Å². The van der Waals surface area contributed by atoms with E-state index in [4.69, 9.17) is 0 Å². The SMILES string of the molecule is CS(=O)(=O)C[C@@H](NC(=O)[C@H]1SCCc2sccc21)c1ccccc1. The highest BCUT2D eigenvalue weighted by atomic mass is 32.2. The zero-order valence-corrected chi connectivity index (χ0v) is 15.7. The molecule has 1 aliphatic heterocycles. The van der Waals surface area contributed by atoms with E-state index in [0.29, 0.717) is 0 Å². The number of thioether (sulfide) groups is 1. The first-order valence-electron chi connectivity index (χ1n) is 7.65. The predicted molar refractivity (Wildman–Crippen MR) is 100 cm³/mol. The van der Waals surface area contributed by atoms with Crippen LogP contribution in [0.3, 0.4) is 0 Å². The second kappa shape index (κ2) is 7.29. The molecule has 0 bridgehead atoms. The van der Waals surface area contributed by atoms with Crippen LogP contribution >= 0.6 is 23.1 Å². The highest BCUT2D eigenvalue weighted by Crippen LogP contribution is 2.39. The van der Waals surface area contributed by atoms with Crippen LogP contribution in [0.5, 0.6) is 0 Å². The summed E-state index contributed by atoms with van der Waals surface area (Å²) in [5.74, 6) is 0.696. The van der Waals surface area contributed by atoms with Gasteiger partial charge >= 0.3 is 0 Å². The Morgan fingerprint density at radius 3 is 2.75 bits per heavy atom. The fraction of sp³-hybridized carbons (Fsp3) is 0.353. The van der Waals surface area contributed by atoms with Crippen LogP contribution < -0.4 is 5.32 Å². The van der Waals surface area contributed by atoms with Crippen LogP contribution in [-0.2, 0) is 21.1 Å². The minimum atomic E-state index is -3.22. The third-order valence-corrected chi connectivity index (χ3v) is 7.08. The first-order valence-corrected chi connectivity index (χ1v) is 11.6. The number of hydrogen-bond acceptors (Lipinski definition) is 5. The van der Waals surface area contributed by atoms with Crippen LogP contribution in [-0.4, -0.2) is 32.1 Å². The van der Waals surface area contributed by atoms with E-state index in [1.807, 2.05) is 41.8 Å². The van der Waals surface area contributed by atoms with Gasteiger partial charge in [0, 0.05) is 11.1 Å². The van der Waals surface area contributed by atoms with E-state index in [9.17, 15) is 13.2 Å². The minimum absolute atomic E-state index is 0.101. The molecule has 128 valence electrons. The summed E-state index contributed by atoms with van der Waals surface area (Å²) in [6.07, 6.45) is 2.19. The van der Waals surface area contributed by atoms with Crippen molar-refractivity contribution in [1.82, 2.24) is 5.32 Å². The Morgan fingerprint density at radius 1 is 1.29 bits per heavy atom. The van der Waals surface area contributed by atoms with Crippen LogP contribution in [0.2, 0.25) is 0 Å². The van der Waals surface area contributed by atoms with E-state index in [1.54, 1.807) is 23.1 Å². The molecule has 7 heteroatoms. The van der Waals surface area contributed by atoms with Gasteiger partial charge in [0.25, 0.3) is 0 Å². The average Bonchev–Trinajstić information content (AvgIpc) is 3.02. The molecule has 0 aliphatic carbocycles. The van der Waals surface area contributed by atoms with Crippen molar-refractivity contribution in [2.75, 3.05) is 17.8 Å². The Labute approximate surface area is 150 Å². The van der Waals surface area contributed by atoms with Crippen LogP contribution in [0.15, 0.2) is 41.8 Å². The van der Waals surface area contributed by atoms with Crippen molar-refractivity contribution in [1.29, 1.82) is 0 Å². The maximum absolute atomic E-state index is 12.8. The number of sulfone groups is 1. The van der Waals surface area contributed by atoms with Crippen molar-refractivity contribution in [3.63, 3.8) is 0 Å². The van der Waals surface area contributed by atoms with Crippen molar-refractivity contribution in [2.24, 2.45) is 0 Å². The van der Waals surface area contributed by atoms with E-state index < -0.39 is 15.9 Å². The Bertz CT molecular complexity index is 815. The molecule has 2 atom stereocenters. The van der Waals surface area contributed by atoms with Crippen molar-refractivity contribution < 1.29 is 13.2 Å². The normalized spacial score (nSPS) is 18.6. The lowest BCUT2D eigenvalue weighted by atomic mass is 10.1. The van der Waals surface area contributed by atoms with Crippen molar-refractivity contribution >= 4 is 38.8 Å². The minimum Gasteiger partial charge on any atom is -0.347 e. The van der Waals surface area contributed by atoms with Gasteiger partial charge in [-0.1, -0.05) is 30.3 Å². The van der Waals surface area contributed by atoms with Gasteiger partial charge in [0.2, 0.25) is 5.91 Å². The second-order valence-corrected chi connectivity index (χ2v) is 10.3. The number of fused-ring (bicyclic) bond motifs is 1. The van der Waals surface area contributed by atoms with Gasteiger partial charge in [0.15, 0.2) is 0 Å². The largest absolute Gasteiger partial charge is 0.347 e. The molecule has 0 unspecified atom stereocenters. The number of carbonyl (C=O) groups excluding carboxylic acids is 1. The zero-order valence-electron chi connectivity index (χ0n) is 13.3. The molecule has 1 amide bonds. The molecule has 1 N–H and O–H groups in total. The number of aryl methyl sites for hydroxylation is 1. The molecular formula is C17H19NO3S3. The summed E-state index contributed by atoms with van der Waals surface area (Å²) >= 11 is 3.30. The third kappa shape index (κ3) is 4.20. The van der Waals surface area contributed by atoms with Crippen LogP contribution in [0.25, 0.3) is 0 Å². The predicted octanol–water partition coefficient (Wildman–Crippen LogP) is 2.98. The number of hydrogen-bond donors (Lipinski definition) is 1. The Hall–Kier alpha value is -1.31. The standard InChI is InChI=1S/C17H19NO3S3/c1-24(20,21)11-14(12-5-3-2-4-6-12)18-17(19)16-13-7-9-22-15(13)8-10-23-16/h2-7,9,14,16H,8,10-11H2,1H3,(H,18,19)/t14-,16+/m1/s1. The fourth-order valence-corrected chi connectivity index (χ4v) is 6.00. The Morgan fingerprint density at radius 2 is 2.04 bits per heavy atom. The number of carbonyl (C=O) groups is 1. The molecule has 0 spiro atoms. The molecule has 1 aromatic heterocycles. The average molecular weight is 382 g/mol. The first-order chi connectivity index (χ1) is 11.4. The van der Waals surface area contributed by atoms with E-state index in [2.05, 4.69) is 5.32 Å². The lowest BCUT2D eigenvalue weighted by molar-refractivity contribution is -0.121. The maximum Gasteiger partial charge on any atom is 0.238 e.